The zero-order chi connectivity index (χ0) is 17.8. The Morgan fingerprint density at radius 2 is 2.12 bits per heavy atom. The number of hydrogen-bond donors (Lipinski definition) is 1. The number of nitrogens with two attached hydrogens (primary N) is 1. The average molecular weight is 344 g/mol. The monoisotopic (exact) mass is 344 g/mol. The van der Waals surface area contributed by atoms with Gasteiger partial charge in [0.1, 0.15) is 23.1 Å². The molecule has 1 amide bonds. The molecule has 1 aliphatic rings. The Labute approximate surface area is 147 Å². The summed E-state index contributed by atoms with van der Waals surface area (Å²) in [6.45, 7) is 5.46. The standard InChI is InChI=1S/C17H24N6O2/c1-12-20-21-16(22(12)2)10-23-7-4-13(5-8-23)11-25-14-3-6-19-15(9-14)17(18)24/h3,6,9,13H,4-5,7-8,10-11H2,1-2H3,(H2,18,24). The van der Waals surface area contributed by atoms with Crippen molar-refractivity contribution in [2.75, 3.05) is 19.7 Å². The Balaban J connectivity index is 1.46. The highest BCUT2D eigenvalue weighted by Gasteiger charge is 2.21. The number of pyridine rings is 1. The molecule has 0 unspecified atom stereocenters. The number of likely N-dealkylation sites (tertiary alicyclic amines) is 1. The van der Waals surface area contributed by atoms with Crippen molar-refractivity contribution in [2.24, 2.45) is 18.7 Å². The molecule has 25 heavy (non-hydrogen) atoms. The molecular weight excluding hydrogens is 320 g/mol. The van der Waals surface area contributed by atoms with Gasteiger partial charge in [-0.1, -0.05) is 0 Å². The number of ether oxygens (including phenoxy) is 1. The van der Waals surface area contributed by atoms with Crippen LogP contribution in [0.4, 0.5) is 0 Å². The molecule has 2 aromatic heterocycles. The highest BCUT2D eigenvalue weighted by Crippen LogP contribution is 2.20. The second-order valence-corrected chi connectivity index (χ2v) is 6.49. The quantitative estimate of drug-likeness (QED) is 0.836. The summed E-state index contributed by atoms with van der Waals surface area (Å²) in [5.74, 6) is 2.54. The first kappa shape index (κ1) is 17.3. The van der Waals surface area contributed by atoms with Crippen LogP contribution < -0.4 is 10.5 Å². The first-order valence-electron chi connectivity index (χ1n) is 8.49. The SMILES string of the molecule is Cc1nnc(CN2CCC(COc3ccnc(C(N)=O)c3)CC2)n1C. The van der Waals surface area contributed by atoms with Crippen molar-refractivity contribution in [1.29, 1.82) is 0 Å². The first-order chi connectivity index (χ1) is 12.0. The summed E-state index contributed by atoms with van der Waals surface area (Å²) in [5.41, 5.74) is 5.47. The zero-order valence-electron chi connectivity index (χ0n) is 14.7. The summed E-state index contributed by atoms with van der Waals surface area (Å²) in [6, 6.07) is 3.34. The first-order valence-corrected chi connectivity index (χ1v) is 8.49. The second kappa shape index (κ2) is 7.60. The maximum absolute atomic E-state index is 11.2. The maximum atomic E-state index is 11.2. The van der Waals surface area contributed by atoms with Crippen molar-refractivity contribution < 1.29 is 9.53 Å². The summed E-state index contributed by atoms with van der Waals surface area (Å²) in [7, 11) is 2.00. The Bertz CT molecular complexity index is 736. The minimum atomic E-state index is -0.544. The van der Waals surface area contributed by atoms with Crippen LogP contribution in [0.3, 0.4) is 0 Å². The molecule has 2 N–H and O–H groups in total. The van der Waals surface area contributed by atoms with Crippen LogP contribution in [0.25, 0.3) is 0 Å². The normalized spacial score (nSPS) is 16.1. The summed E-state index contributed by atoms with van der Waals surface area (Å²) in [5, 5.41) is 8.34. The number of carbonyl (C=O) groups is 1. The van der Waals surface area contributed by atoms with Gasteiger partial charge in [-0.15, -0.1) is 10.2 Å². The summed E-state index contributed by atoms with van der Waals surface area (Å²) < 4.78 is 7.86. The fourth-order valence-electron chi connectivity index (χ4n) is 2.95. The predicted molar refractivity (Wildman–Crippen MR) is 92.0 cm³/mol. The molecular formula is C17H24N6O2. The lowest BCUT2D eigenvalue weighted by Gasteiger charge is -2.31. The topological polar surface area (TPSA) is 99.2 Å². The molecule has 1 saturated heterocycles. The van der Waals surface area contributed by atoms with E-state index >= 15 is 0 Å². The zero-order valence-corrected chi connectivity index (χ0v) is 14.7. The molecule has 3 rings (SSSR count). The molecule has 0 bridgehead atoms. The lowest BCUT2D eigenvalue weighted by atomic mass is 9.98. The largest absolute Gasteiger partial charge is 0.493 e. The molecule has 0 aromatic carbocycles. The number of hydrogen-bond acceptors (Lipinski definition) is 6. The average Bonchev–Trinajstić information content (AvgIpc) is 2.93. The van der Waals surface area contributed by atoms with Gasteiger partial charge in [0.15, 0.2) is 0 Å². The van der Waals surface area contributed by atoms with Crippen molar-refractivity contribution in [3.63, 3.8) is 0 Å². The number of carbonyl (C=O) groups excluding carboxylic acids is 1. The highest BCUT2D eigenvalue weighted by atomic mass is 16.5. The molecule has 0 aliphatic carbocycles. The Morgan fingerprint density at radius 3 is 2.76 bits per heavy atom. The van der Waals surface area contributed by atoms with E-state index in [2.05, 4.69) is 20.1 Å². The molecule has 3 heterocycles. The third-order valence-electron chi connectivity index (χ3n) is 4.72. The van der Waals surface area contributed by atoms with Gasteiger partial charge in [0, 0.05) is 19.3 Å². The molecule has 1 fully saturated rings. The third kappa shape index (κ3) is 4.33. The number of piperidine rings is 1. The van der Waals surface area contributed by atoms with Gasteiger partial charge in [-0.2, -0.15) is 0 Å². The van der Waals surface area contributed by atoms with E-state index in [0.29, 0.717) is 18.3 Å². The van der Waals surface area contributed by atoms with Gasteiger partial charge < -0.3 is 15.0 Å². The molecule has 0 atom stereocenters. The van der Waals surface area contributed by atoms with Gasteiger partial charge >= 0.3 is 0 Å². The van der Waals surface area contributed by atoms with Crippen LogP contribution in [0, 0.1) is 12.8 Å². The van der Waals surface area contributed by atoms with Crippen LogP contribution >= 0.6 is 0 Å². The number of primary amides is 1. The van der Waals surface area contributed by atoms with E-state index in [1.807, 2.05) is 18.5 Å². The fraction of sp³-hybridized carbons (Fsp3) is 0.529. The Kier molecular flexibility index (Phi) is 5.28. The van der Waals surface area contributed by atoms with Gasteiger partial charge in [0.2, 0.25) is 0 Å². The summed E-state index contributed by atoms with van der Waals surface area (Å²) in [4.78, 5) is 17.5. The van der Waals surface area contributed by atoms with Crippen LogP contribution in [-0.4, -0.2) is 50.3 Å². The highest BCUT2D eigenvalue weighted by molar-refractivity contribution is 5.91. The van der Waals surface area contributed by atoms with Crippen molar-refractivity contribution in [3.05, 3.63) is 35.7 Å². The Morgan fingerprint density at radius 1 is 1.36 bits per heavy atom. The number of rotatable bonds is 6. The van der Waals surface area contributed by atoms with Gasteiger partial charge in [0.25, 0.3) is 5.91 Å². The van der Waals surface area contributed by atoms with Crippen LogP contribution in [0.1, 0.15) is 35.0 Å². The van der Waals surface area contributed by atoms with Crippen molar-refractivity contribution in [1.82, 2.24) is 24.6 Å². The molecule has 8 nitrogen and oxygen atoms in total. The van der Waals surface area contributed by atoms with Gasteiger partial charge in [-0.05, 0) is 44.8 Å². The lowest BCUT2D eigenvalue weighted by Crippen LogP contribution is -2.35. The molecule has 0 radical (unpaired) electrons. The number of nitrogens with zero attached hydrogens (tertiary/aromatic N) is 5. The summed E-state index contributed by atoms with van der Waals surface area (Å²) in [6.07, 6.45) is 3.69. The number of aromatic nitrogens is 4. The number of amides is 1. The van der Waals surface area contributed by atoms with Crippen molar-refractivity contribution >= 4 is 5.91 Å². The van der Waals surface area contributed by atoms with Crippen LogP contribution in [0.5, 0.6) is 5.75 Å². The van der Waals surface area contributed by atoms with Gasteiger partial charge in [-0.3, -0.25) is 14.7 Å². The molecule has 8 heteroatoms. The van der Waals surface area contributed by atoms with E-state index in [4.69, 9.17) is 10.5 Å². The van der Waals surface area contributed by atoms with Crippen LogP contribution in [0.15, 0.2) is 18.3 Å². The summed E-state index contributed by atoms with van der Waals surface area (Å²) >= 11 is 0. The van der Waals surface area contributed by atoms with Gasteiger partial charge in [-0.25, -0.2) is 0 Å². The van der Waals surface area contributed by atoms with E-state index in [9.17, 15) is 4.79 Å². The minimum Gasteiger partial charge on any atom is -0.493 e. The van der Waals surface area contributed by atoms with E-state index in [1.54, 1.807) is 18.3 Å². The van der Waals surface area contributed by atoms with E-state index in [0.717, 1.165) is 44.1 Å². The van der Waals surface area contributed by atoms with E-state index < -0.39 is 5.91 Å². The lowest BCUT2D eigenvalue weighted by molar-refractivity contribution is 0.0994. The second-order valence-electron chi connectivity index (χ2n) is 6.49. The minimum absolute atomic E-state index is 0.228. The van der Waals surface area contributed by atoms with Crippen molar-refractivity contribution in [2.45, 2.75) is 26.3 Å². The van der Waals surface area contributed by atoms with Gasteiger partial charge in [0.05, 0.1) is 13.2 Å². The van der Waals surface area contributed by atoms with E-state index in [1.165, 1.54) is 0 Å². The fourth-order valence-corrected chi connectivity index (χ4v) is 2.95. The molecule has 2 aromatic rings. The smallest absolute Gasteiger partial charge is 0.267 e. The molecule has 1 aliphatic heterocycles. The molecule has 134 valence electrons. The third-order valence-corrected chi connectivity index (χ3v) is 4.72. The van der Waals surface area contributed by atoms with Crippen LogP contribution in [0.2, 0.25) is 0 Å². The number of aryl methyl sites for hydroxylation is 1. The maximum Gasteiger partial charge on any atom is 0.267 e. The van der Waals surface area contributed by atoms with E-state index in [-0.39, 0.29) is 5.69 Å². The van der Waals surface area contributed by atoms with Crippen molar-refractivity contribution in [3.8, 4) is 5.75 Å². The van der Waals surface area contributed by atoms with Crippen LogP contribution in [-0.2, 0) is 13.6 Å². The predicted octanol–water partition coefficient (Wildman–Crippen LogP) is 0.908. The molecule has 0 saturated carbocycles. The molecule has 0 spiro atoms. The Hall–Kier alpha value is -2.48.